The van der Waals surface area contributed by atoms with E-state index in [4.69, 9.17) is 10.2 Å². The molecule has 62 valence electrons. The van der Waals surface area contributed by atoms with E-state index in [2.05, 4.69) is 10.2 Å². The lowest BCUT2D eigenvalue weighted by Gasteiger charge is -2.02. The molecular formula is C5H8N2O2S2. The van der Waals surface area contributed by atoms with Crippen LogP contribution in [0.3, 0.4) is 0 Å². The molecule has 0 aromatic carbocycles. The van der Waals surface area contributed by atoms with Crippen molar-refractivity contribution in [2.45, 2.75) is 10.4 Å². The van der Waals surface area contributed by atoms with Crippen LogP contribution in [0, 0.1) is 0 Å². The van der Waals surface area contributed by atoms with Gasteiger partial charge >= 0.3 is 0 Å². The van der Waals surface area contributed by atoms with Gasteiger partial charge in [-0.25, -0.2) is 0 Å². The number of thioether (sulfide) groups is 1. The van der Waals surface area contributed by atoms with Crippen molar-refractivity contribution in [2.24, 2.45) is 0 Å². The fourth-order valence-corrected chi connectivity index (χ4v) is 1.88. The van der Waals surface area contributed by atoms with Gasteiger partial charge in [0.2, 0.25) is 0 Å². The van der Waals surface area contributed by atoms with Gasteiger partial charge in [0.05, 0.1) is 12.7 Å². The maximum Gasteiger partial charge on any atom is 0.174 e. The predicted octanol–water partition coefficient (Wildman–Crippen LogP) is -0.0166. The van der Waals surface area contributed by atoms with Gasteiger partial charge in [0.1, 0.15) is 5.51 Å². The van der Waals surface area contributed by atoms with Gasteiger partial charge in [-0.2, -0.15) is 0 Å². The lowest BCUT2D eigenvalue weighted by atomic mass is 10.4. The van der Waals surface area contributed by atoms with Crippen molar-refractivity contribution >= 4 is 23.1 Å². The summed E-state index contributed by atoms with van der Waals surface area (Å²) in [4.78, 5) is 0. The molecule has 2 N–H and O–H groups in total. The second kappa shape index (κ2) is 4.66. The molecule has 0 spiro atoms. The zero-order valence-electron chi connectivity index (χ0n) is 5.67. The minimum Gasteiger partial charge on any atom is -0.394 e. The molecule has 0 aliphatic heterocycles. The summed E-state index contributed by atoms with van der Waals surface area (Å²) in [5, 5.41) is 24.8. The summed E-state index contributed by atoms with van der Waals surface area (Å²) in [6.45, 7) is -0.203. The first kappa shape index (κ1) is 8.92. The Labute approximate surface area is 72.3 Å². The van der Waals surface area contributed by atoms with Crippen molar-refractivity contribution in [3.63, 3.8) is 0 Å². The molecule has 1 rings (SSSR count). The van der Waals surface area contributed by atoms with Crippen molar-refractivity contribution in [2.75, 3.05) is 12.4 Å². The molecule has 0 fully saturated rings. The third-order valence-electron chi connectivity index (χ3n) is 0.950. The van der Waals surface area contributed by atoms with Gasteiger partial charge in [-0.05, 0) is 0 Å². The predicted molar refractivity (Wildman–Crippen MR) is 43.7 cm³/mol. The molecule has 0 radical (unpaired) electrons. The first-order valence-electron chi connectivity index (χ1n) is 3.01. The molecule has 1 unspecified atom stereocenters. The highest BCUT2D eigenvalue weighted by atomic mass is 32.2. The van der Waals surface area contributed by atoms with Gasteiger partial charge in [0.25, 0.3) is 0 Å². The van der Waals surface area contributed by atoms with E-state index in [0.29, 0.717) is 5.75 Å². The van der Waals surface area contributed by atoms with Gasteiger partial charge in [0.15, 0.2) is 4.34 Å². The monoisotopic (exact) mass is 192 g/mol. The third kappa shape index (κ3) is 3.15. The van der Waals surface area contributed by atoms with E-state index in [1.807, 2.05) is 0 Å². The van der Waals surface area contributed by atoms with E-state index in [0.717, 1.165) is 4.34 Å². The Kier molecular flexibility index (Phi) is 3.78. The Morgan fingerprint density at radius 1 is 1.73 bits per heavy atom. The summed E-state index contributed by atoms with van der Waals surface area (Å²) in [6, 6.07) is 0. The molecule has 1 aromatic heterocycles. The van der Waals surface area contributed by atoms with E-state index in [9.17, 15) is 0 Å². The molecule has 0 aliphatic rings. The van der Waals surface area contributed by atoms with Gasteiger partial charge in [-0.3, -0.25) is 0 Å². The van der Waals surface area contributed by atoms with Crippen LogP contribution < -0.4 is 0 Å². The van der Waals surface area contributed by atoms with Crippen molar-refractivity contribution < 1.29 is 10.2 Å². The molecule has 0 bridgehead atoms. The number of hydrogen-bond acceptors (Lipinski definition) is 6. The summed E-state index contributed by atoms with van der Waals surface area (Å²) in [5.74, 6) is 0.464. The lowest BCUT2D eigenvalue weighted by molar-refractivity contribution is 0.113. The molecule has 0 saturated carbocycles. The lowest BCUT2D eigenvalue weighted by Crippen LogP contribution is -2.14. The average Bonchev–Trinajstić information content (AvgIpc) is 2.52. The van der Waals surface area contributed by atoms with Gasteiger partial charge in [-0.15, -0.1) is 10.2 Å². The van der Waals surface area contributed by atoms with Crippen LogP contribution in [0.1, 0.15) is 0 Å². The number of aliphatic hydroxyl groups is 2. The second-order valence-electron chi connectivity index (χ2n) is 1.85. The third-order valence-corrected chi connectivity index (χ3v) is 2.96. The zero-order chi connectivity index (χ0) is 8.10. The standard InChI is InChI=1S/C5H8N2O2S2/c8-1-4(9)2-10-5-7-6-3-11-5/h3-4,8-9H,1-2H2. The van der Waals surface area contributed by atoms with Crippen LogP contribution in [0.4, 0.5) is 0 Å². The van der Waals surface area contributed by atoms with Crippen molar-refractivity contribution in [3.8, 4) is 0 Å². The quantitative estimate of drug-likeness (QED) is 0.656. The SMILES string of the molecule is OCC(O)CSc1nncs1. The first-order chi connectivity index (χ1) is 5.33. The highest BCUT2D eigenvalue weighted by Gasteiger charge is 2.04. The van der Waals surface area contributed by atoms with Gasteiger partial charge in [0, 0.05) is 5.75 Å². The Bertz CT molecular complexity index is 192. The van der Waals surface area contributed by atoms with Crippen LogP contribution >= 0.6 is 23.1 Å². The maximum absolute atomic E-state index is 8.94. The smallest absolute Gasteiger partial charge is 0.174 e. The minimum atomic E-state index is -0.663. The second-order valence-corrected chi connectivity index (χ2v) is 3.95. The normalized spacial score (nSPS) is 13.3. The summed E-state index contributed by atoms with van der Waals surface area (Å²) in [6.07, 6.45) is -0.663. The molecule has 0 amide bonds. The Morgan fingerprint density at radius 2 is 2.55 bits per heavy atom. The number of hydrogen-bond donors (Lipinski definition) is 2. The van der Waals surface area contributed by atoms with Gasteiger partial charge in [-0.1, -0.05) is 23.1 Å². The van der Waals surface area contributed by atoms with Crippen LogP contribution in [-0.2, 0) is 0 Å². The van der Waals surface area contributed by atoms with E-state index >= 15 is 0 Å². The first-order valence-corrected chi connectivity index (χ1v) is 4.87. The van der Waals surface area contributed by atoms with Crippen LogP contribution in [0.25, 0.3) is 0 Å². The number of nitrogens with zero attached hydrogens (tertiary/aromatic N) is 2. The summed E-state index contributed by atoms with van der Waals surface area (Å²) >= 11 is 2.82. The minimum absolute atomic E-state index is 0.203. The summed E-state index contributed by atoms with van der Waals surface area (Å²) < 4.78 is 0.817. The highest BCUT2D eigenvalue weighted by molar-refractivity contribution is 8.01. The molecule has 0 aliphatic carbocycles. The molecule has 1 aromatic rings. The molecule has 1 atom stereocenters. The number of aliphatic hydroxyl groups excluding tert-OH is 2. The molecule has 11 heavy (non-hydrogen) atoms. The zero-order valence-corrected chi connectivity index (χ0v) is 7.31. The fourth-order valence-electron chi connectivity index (χ4n) is 0.446. The van der Waals surface area contributed by atoms with E-state index in [1.165, 1.54) is 23.1 Å². The Hall–Kier alpha value is -0.170. The van der Waals surface area contributed by atoms with Crippen LogP contribution in [0.15, 0.2) is 9.85 Å². The molecule has 4 nitrogen and oxygen atoms in total. The molecule has 0 saturated heterocycles. The van der Waals surface area contributed by atoms with Crippen LogP contribution in [0.2, 0.25) is 0 Å². The van der Waals surface area contributed by atoms with Crippen molar-refractivity contribution in [3.05, 3.63) is 5.51 Å². The average molecular weight is 192 g/mol. The summed E-state index contributed by atoms with van der Waals surface area (Å²) in [7, 11) is 0. The molecule has 6 heteroatoms. The Morgan fingerprint density at radius 3 is 3.09 bits per heavy atom. The van der Waals surface area contributed by atoms with E-state index in [-0.39, 0.29) is 6.61 Å². The topological polar surface area (TPSA) is 66.2 Å². The van der Waals surface area contributed by atoms with E-state index < -0.39 is 6.10 Å². The maximum atomic E-state index is 8.94. The fraction of sp³-hybridized carbons (Fsp3) is 0.600. The molecular weight excluding hydrogens is 184 g/mol. The van der Waals surface area contributed by atoms with Crippen LogP contribution in [-0.4, -0.2) is 38.9 Å². The van der Waals surface area contributed by atoms with Crippen LogP contribution in [0.5, 0.6) is 0 Å². The van der Waals surface area contributed by atoms with Gasteiger partial charge < -0.3 is 10.2 Å². The Balaban J connectivity index is 2.23. The molecule has 1 heterocycles. The van der Waals surface area contributed by atoms with Crippen molar-refractivity contribution in [1.29, 1.82) is 0 Å². The largest absolute Gasteiger partial charge is 0.394 e. The van der Waals surface area contributed by atoms with Crippen molar-refractivity contribution in [1.82, 2.24) is 10.2 Å². The summed E-state index contributed by atoms with van der Waals surface area (Å²) in [5.41, 5.74) is 1.63. The number of aromatic nitrogens is 2. The highest BCUT2D eigenvalue weighted by Crippen LogP contribution is 2.19. The number of rotatable bonds is 4. The van der Waals surface area contributed by atoms with E-state index in [1.54, 1.807) is 5.51 Å².